The minimum atomic E-state index is -0.253. The van der Waals surface area contributed by atoms with Crippen molar-refractivity contribution in [3.63, 3.8) is 0 Å². The van der Waals surface area contributed by atoms with Crippen molar-refractivity contribution < 1.29 is 4.79 Å². The molecule has 0 aliphatic carbocycles. The summed E-state index contributed by atoms with van der Waals surface area (Å²) >= 11 is 0. The zero-order valence-electron chi connectivity index (χ0n) is 11.8. The quantitative estimate of drug-likeness (QED) is 0.609. The van der Waals surface area contributed by atoms with Crippen LogP contribution in [-0.2, 0) is 4.79 Å². The van der Waals surface area contributed by atoms with Crippen LogP contribution in [0.4, 0.5) is 0 Å². The molecule has 0 aliphatic heterocycles. The summed E-state index contributed by atoms with van der Waals surface area (Å²) in [7, 11) is 0. The van der Waals surface area contributed by atoms with Gasteiger partial charge in [0.1, 0.15) is 0 Å². The highest BCUT2D eigenvalue weighted by atomic mass is 16.1. The van der Waals surface area contributed by atoms with Crippen molar-refractivity contribution in [2.24, 2.45) is 5.73 Å². The number of primary amides is 1. The zero-order valence-corrected chi connectivity index (χ0v) is 11.8. The van der Waals surface area contributed by atoms with Crippen molar-refractivity contribution in [2.45, 2.75) is 59.0 Å². The van der Waals surface area contributed by atoms with Crippen LogP contribution in [0.3, 0.4) is 0 Å². The van der Waals surface area contributed by atoms with E-state index < -0.39 is 0 Å². The highest BCUT2D eigenvalue weighted by Crippen LogP contribution is 2.06. The van der Waals surface area contributed by atoms with Crippen LogP contribution in [0.5, 0.6) is 0 Å². The molecule has 0 fully saturated rings. The largest absolute Gasteiger partial charge is 0.368 e. The Labute approximate surface area is 106 Å². The zero-order chi connectivity index (χ0) is 13.3. The molecule has 0 spiro atoms. The van der Waals surface area contributed by atoms with Gasteiger partial charge >= 0.3 is 0 Å². The van der Waals surface area contributed by atoms with Gasteiger partial charge in [-0.25, -0.2) is 0 Å². The van der Waals surface area contributed by atoms with E-state index in [9.17, 15) is 4.79 Å². The van der Waals surface area contributed by atoms with Gasteiger partial charge in [-0.2, -0.15) is 0 Å². The van der Waals surface area contributed by atoms with Crippen LogP contribution in [-0.4, -0.2) is 42.5 Å². The summed E-state index contributed by atoms with van der Waals surface area (Å²) in [6, 6.07) is 0.271. The molecule has 0 aromatic carbocycles. The van der Waals surface area contributed by atoms with Gasteiger partial charge in [0.15, 0.2) is 0 Å². The first-order chi connectivity index (χ1) is 8.06. The molecule has 2 atom stereocenters. The van der Waals surface area contributed by atoms with Crippen molar-refractivity contribution in [1.29, 1.82) is 0 Å². The summed E-state index contributed by atoms with van der Waals surface area (Å²) in [5.74, 6) is -0.253. The van der Waals surface area contributed by atoms with Crippen molar-refractivity contribution in [1.82, 2.24) is 10.2 Å². The van der Waals surface area contributed by atoms with Gasteiger partial charge in [0.2, 0.25) is 5.91 Å². The van der Waals surface area contributed by atoms with E-state index in [0.29, 0.717) is 6.04 Å². The molecule has 0 heterocycles. The molecule has 3 N–H and O–H groups in total. The normalized spacial score (nSPS) is 14.9. The lowest BCUT2D eigenvalue weighted by Gasteiger charge is -2.31. The van der Waals surface area contributed by atoms with Crippen molar-refractivity contribution in [3.8, 4) is 0 Å². The molecular formula is C13H29N3O. The molecule has 0 radical (unpaired) electrons. The van der Waals surface area contributed by atoms with E-state index in [-0.39, 0.29) is 11.9 Å². The second-order valence-corrected chi connectivity index (χ2v) is 4.62. The van der Waals surface area contributed by atoms with E-state index in [0.717, 1.165) is 26.1 Å². The van der Waals surface area contributed by atoms with E-state index in [1.54, 1.807) is 0 Å². The number of amides is 1. The summed E-state index contributed by atoms with van der Waals surface area (Å²) < 4.78 is 0. The summed E-state index contributed by atoms with van der Waals surface area (Å²) in [4.78, 5) is 13.7. The van der Waals surface area contributed by atoms with Gasteiger partial charge in [0.25, 0.3) is 0 Å². The molecule has 102 valence electrons. The third kappa shape index (κ3) is 6.64. The van der Waals surface area contributed by atoms with Crippen LogP contribution in [0.25, 0.3) is 0 Å². The average Bonchev–Trinajstić information content (AvgIpc) is 2.31. The first-order valence-electron chi connectivity index (χ1n) is 6.83. The second kappa shape index (κ2) is 9.42. The average molecular weight is 243 g/mol. The number of carbonyl (C=O) groups excluding carboxylic acids is 1. The minimum Gasteiger partial charge on any atom is -0.368 e. The fraction of sp³-hybridized carbons (Fsp3) is 0.923. The lowest BCUT2D eigenvalue weighted by atomic mass is 10.1. The number of likely N-dealkylation sites (N-methyl/N-ethyl adjacent to an activating group) is 1. The number of nitrogens with two attached hydrogens (primary N) is 1. The molecule has 1 amide bonds. The predicted octanol–water partition coefficient (Wildman–Crippen LogP) is 1.35. The molecule has 4 heteroatoms. The number of nitrogens with zero attached hydrogens (tertiary/aromatic N) is 1. The number of carbonyl (C=O) groups is 1. The van der Waals surface area contributed by atoms with E-state index in [2.05, 4.69) is 31.0 Å². The molecule has 17 heavy (non-hydrogen) atoms. The van der Waals surface area contributed by atoms with Gasteiger partial charge < -0.3 is 11.1 Å². The Hall–Kier alpha value is -0.610. The molecule has 0 aliphatic rings. The van der Waals surface area contributed by atoms with Gasteiger partial charge in [-0.3, -0.25) is 9.69 Å². The van der Waals surface area contributed by atoms with Crippen LogP contribution in [0.15, 0.2) is 0 Å². The van der Waals surface area contributed by atoms with Crippen LogP contribution >= 0.6 is 0 Å². The topological polar surface area (TPSA) is 58.4 Å². The smallest absolute Gasteiger partial charge is 0.235 e. The summed E-state index contributed by atoms with van der Waals surface area (Å²) in [6.45, 7) is 11.1. The van der Waals surface area contributed by atoms with Crippen molar-refractivity contribution in [3.05, 3.63) is 0 Å². The molecule has 0 rings (SSSR count). The number of hydrogen-bond donors (Lipinski definition) is 2. The van der Waals surface area contributed by atoms with Crippen LogP contribution in [0.1, 0.15) is 47.0 Å². The lowest BCUT2D eigenvalue weighted by Crippen LogP contribution is -2.51. The molecule has 0 aromatic rings. The first kappa shape index (κ1) is 16.4. The Balaban J connectivity index is 4.40. The molecule has 0 saturated carbocycles. The maximum Gasteiger partial charge on any atom is 0.235 e. The standard InChI is InChI=1S/C13H29N3O/c1-5-8-9-16(11(4)6-2)10-12(13(14)17)15-7-3/h11-12,15H,5-10H2,1-4H3,(H2,14,17). The van der Waals surface area contributed by atoms with Gasteiger partial charge in [0.05, 0.1) is 6.04 Å². The number of nitrogens with one attached hydrogen (secondary N) is 1. The van der Waals surface area contributed by atoms with Crippen LogP contribution in [0.2, 0.25) is 0 Å². The number of unbranched alkanes of at least 4 members (excludes halogenated alkanes) is 1. The SMILES string of the molecule is CCCCN(CC(NCC)C(N)=O)C(C)CC. The van der Waals surface area contributed by atoms with E-state index in [4.69, 9.17) is 5.73 Å². The summed E-state index contributed by atoms with van der Waals surface area (Å²) in [5.41, 5.74) is 5.41. The highest BCUT2D eigenvalue weighted by molar-refractivity contribution is 5.80. The monoisotopic (exact) mass is 243 g/mol. The van der Waals surface area contributed by atoms with Crippen molar-refractivity contribution >= 4 is 5.91 Å². The second-order valence-electron chi connectivity index (χ2n) is 4.62. The Kier molecular flexibility index (Phi) is 9.09. The predicted molar refractivity (Wildman–Crippen MR) is 72.9 cm³/mol. The number of rotatable bonds is 10. The third-order valence-corrected chi connectivity index (χ3v) is 3.22. The summed E-state index contributed by atoms with van der Waals surface area (Å²) in [5, 5.41) is 3.15. The van der Waals surface area contributed by atoms with Gasteiger partial charge in [-0.1, -0.05) is 27.2 Å². The van der Waals surface area contributed by atoms with Crippen LogP contribution < -0.4 is 11.1 Å². The Morgan fingerprint density at radius 2 is 2.00 bits per heavy atom. The Bertz CT molecular complexity index is 209. The Morgan fingerprint density at radius 3 is 2.41 bits per heavy atom. The maximum atomic E-state index is 11.3. The number of hydrogen-bond acceptors (Lipinski definition) is 3. The van der Waals surface area contributed by atoms with E-state index >= 15 is 0 Å². The molecule has 4 nitrogen and oxygen atoms in total. The third-order valence-electron chi connectivity index (χ3n) is 3.22. The van der Waals surface area contributed by atoms with Gasteiger partial charge in [0, 0.05) is 12.6 Å². The van der Waals surface area contributed by atoms with Gasteiger partial charge in [-0.05, 0) is 32.9 Å². The minimum absolute atomic E-state index is 0.231. The lowest BCUT2D eigenvalue weighted by molar-refractivity contribution is -0.120. The molecule has 2 unspecified atom stereocenters. The molecule has 0 aromatic heterocycles. The van der Waals surface area contributed by atoms with Gasteiger partial charge in [-0.15, -0.1) is 0 Å². The van der Waals surface area contributed by atoms with Crippen LogP contribution in [0, 0.1) is 0 Å². The fourth-order valence-electron chi connectivity index (χ4n) is 1.85. The fourth-order valence-corrected chi connectivity index (χ4v) is 1.85. The molecule has 0 saturated heterocycles. The Morgan fingerprint density at radius 1 is 1.35 bits per heavy atom. The first-order valence-corrected chi connectivity index (χ1v) is 6.83. The highest BCUT2D eigenvalue weighted by Gasteiger charge is 2.20. The maximum absolute atomic E-state index is 11.3. The molecule has 0 bridgehead atoms. The van der Waals surface area contributed by atoms with E-state index in [1.807, 2.05) is 6.92 Å². The van der Waals surface area contributed by atoms with Crippen molar-refractivity contribution in [2.75, 3.05) is 19.6 Å². The summed E-state index contributed by atoms with van der Waals surface area (Å²) in [6.07, 6.45) is 3.44. The van der Waals surface area contributed by atoms with E-state index in [1.165, 1.54) is 12.8 Å². The molecular weight excluding hydrogens is 214 g/mol.